The van der Waals surface area contributed by atoms with Gasteiger partial charge in [-0.3, -0.25) is 9.59 Å². The predicted molar refractivity (Wildman–Crippen MR) is 114 cm³/mol. The molecule has 1 heterocycles. The fourth-order valence-corrected chi connectivity index (χ4v) is 3.28. The molecule has 0 bridgehead atoms. The van der Waals surface area contributed by atoms with Crippen molar-refractivity contribution in [3.8, 4) is 0 Å². The Balaban J connectivity index is 0.000000696. The van der Waals surface area contributed by atoms with Crippen LogP contribution in [-0.2, 0) is 24.8 Å². The third-order valence-corrected chi connectivity index (χ3v) is 5.07. The van der Waals surface area contributed by atoms with Crippen LogP contribution in [0.4, 0.5) is 0 Å². The second kappa shape index (κ2) is 15.4. The quantitative estimate of drug-likeness (QED) is 0.384. The number of rotatable bonds is 13. The maximum Gasteiger partial charge on any atom is 0.293 e. The van der Waals surface area contributed by atoms with E-state index in [0.717, 1.165) is 37.6 Å². The van der Waals surface area contributed by atoms with Crippen LogP contribution in [0.15, 0.2) is 30.3 Å². The molecule has 1 aliphatic rings. The van der Waals surface area contributed by atoms with Crippen LogP contribution < -0.4 is 10.6 Å². The Morgan fingerprint density at radius 2 is 2.07 bits per heavy atom. The minimum absolute atomic E-state index is 0.104. The second-order valence-electron chi connectivity index (χ2n) is 6.94. The van der Waals surface area contributed by atoms with Gasteiger partial charge in [-0.1, -0.05) is 44.2 Å². The summed E-state index contributed by atoms with van der Waals surface area (Å²) in [7, 11) is 0. The van der Waals surface area contributed by atoms with Crippen LogP contribution in [-0.4, -0.2) is 56.6 Å². The van der Waals surface area contributed by atoms with E-state index in [2.05, 4.69) is 53.5 Å². The summed E-state index contributed by atoms with van der Waals surface area (Å²) in [5.41, 5.74) is 1.29. The van der Waals surface area contributed by atoms with Gasteiger partial charge in [0.15, 0.2) is 0 Å². The number of thioether (sulfide) groups is 1. The van der Waals surface area contributed by atoms with Gasteiger partial charge in [0.1, 0.15) is 0 Å². The first-order valence-electron chi connectivity index (χ1n) is 9.86. The van der Waals surface area contributed by atoms with Gasteiger partial charge < -0.3 is 20.1 Å². The number of hydrogen-bond acceptors (Lipinski definition) is 6. The highest BCUT2D eigenvalue weighted by atomic mass is 32.2. The standard InChI is InChI=1S/C18H28N2O2S.C3H6O2/c1-14(2)8-9-19-18(21)17(20-10-16-11-22-16)13-23-12-15-6-4-3-5-7-15;1-2-5-3-4/h3-7,14,16-17,20H,8-13H2,1-2H3,(H,19,21);3H,2H2,1H3. The molecule has 0 aliphatic carbocycles. The Bertz CT molecular complexity index is 538. The lowest BCUT2D eigenvalue weighted by Gasteiger charge is -2.18. The SMILES string of the molecule is CC(C)CCNC(=O)C(CSCc1ccccc1)NCC1CO1.CCOC=O. The number of nitrogens with one attached hydrogen (secondary N) is 2. The third kappa shape index (κ3) is 12.8. The smallest absolute Gasteiger partial charge is 0.293 e. The highest BCUT2D eigenvalue weighted by Gasteiger charge is 2.25. The number of hydrogen-bond donors (Lipinski definition) is 2. The summed E-state index contributed by atoms with van der Waals surface area (Å²) >= 11 is 1.79. The highest BCUT2D eigenvalue weighted by Crippen LogP contribution is 2.14. The lowest BCUT2D eigenvalue weighted by Crippen LogP contribution is -2.47. The average molecular weight is 411 g/mol. The summed E-state index contributed by atoms with van der Waals surface area (Å²) in [4.78, 5) is 21.6. The van der Waals surface area contributed by atoms with E-state index in [1.807, 2.05) is 6.07 Å². The first-order chi connectivity index (χ1) is 13.6. The number of amides is 1. The Morgan fingerprint density at radius 3 is 2.61 bits per heavy atom. The van der Waals surface area contributed by atoms with Crippen molar-refractivity contribution in [1.29, 1.82) is 0 Å². The van der Waals surface area contributed by atoms with Crippen molar-refractivity contribution in [2.75, 3.05) is 32.1 Å². The van der Waals surface area contributed by atoms with Crippen LogP contribution in [0.1, 0.15) is 32.8 Å². The third-order valence-electron chi connectivity index (χ3n) is 3.96. The molecule has 28 heavy (non-hydrogen) atoms. The first kappa shape index (κ1) is 24.5. The largest absolute Gasteiger partial charge is 0.468 e. The zero-order valence-electron chi connectivity index (χ0n) is 17.2. The van der Waals surface area contributed by atoms with E-state index in [-0.39, 0.29) is 11.9 Å². The van der Waals surface area contributed by atoms with Gasteiger partial charge in [0, 0.05) is 24.6 Å². The van der Waals surface area contributed by atoms with Gasteiger partial charge in [0.05, 0.1) is 25.4 Å². The van der Waals surface area contributed by atoms with Gasteiger partial charge in [-0.05, 0) is 24.8 Å². The van der Waals surface area contributed by atoms with Gasteiger partial charge in [0.25, 0.3) is 6.47 Å². The monoisotopic (exact) mass is 410 g/mol. The van der Waals surface area contributed by atoms with Crippen molar-refractivity contribution in [2.45, 2.75) is 45.1 Å². The number of ether oxygens (including phenoxy) is 2. The van der Waals surface area contributed by atoms with Crippen molar-refractivity contribution in [3.05, 3.63) is 35.9 Å². The first-order valence-corrected chi connectivity index (χ1v) is 11.0. The molecular weight excluding hydrogens is 376 g/mol. The van der Waals surface area contributed by atoms with E-state index >= 15 is 0 Å². The van der Waals surface area contributed by atoms with Crippen LogP contribution in [0, 0.1) is 5.92 Å². The van der Waals surface area contributed by atoms with Crippen LogP contribution in [0.2, 0.25) is 0 Å². The molecule has 158 valence electrons. The number of carbonyl (C=O) groups is 2. The maximum absolute atomic E-state index is 12.4. The van der Waals surface area contributed by atoms with Crippen LogP contribution in [0.25, 0.3) is 0 Å². The van der Waals surface area contributed by atoms with Gasteiger partial charge >= 0.3 is 0 Å². The molecule has 2 unspecified atom stereocenters. The zero-order valence-corrected chi connectivity index (χ0v) is 18.0. The number of carbonyl (C=O) groups excluding carboxylic acids is 2. The molecule has 0 spiro atoms. The summed E-state index contributed by atoms with van der Waals surface area (Å²) in [6, 6.07) is 10.2. The van der Waals surface area contributed by atoms with E-state index in [1.165, 1.54) is 5.56 Å². The van der Waals surface area contributed by atoms with Gasteiger partial charge in [-0.2, -0.15) is 11.8 Å². The number of epoxide rings is 1. The van der Waals surface area contributed by atoms with Gasteiger partial charge in [-0.25, -0.2) is 0 Å². The molecule has 1 aliphatic heterocycles. The molecular formula is C21H34N2O4S. The molecule has 0 radical (unpaired) electrons. The van der Waals surface area contributed by atoms with E-state index < -0.39 is 0 Å². The van der Waals surface area contributed by atoms with E-state index in [1.54, 1.807) is 18.7 Å². The maximum atomic E-state index is 12.4. The molecule has 1 aromatic carbocycles. The fraction of sp³-hybridized carbons (Fsp3) is 0.619. The van der Waals surface area contributed by atoms with E-state index in [9.17, 15) is 9.59 Å². The molecule has 2 N–H and O–H groups in total. The molecule has 1 saturated heterocycles. The van der Waals surface area contributed by atoms with E-state index in [0.29, 0.717) is 25.1 Å². The molecule has 1 amide bonds. The molecule has 0 aromatic heterocycles. The topological polar surface area (TPSA) is 80.0 Å². The normalized spacial score (nSPS) is 15.9. The minimum Gasteiger partial charge on any atom is -0.468 e. The second-order valence-corrected chi connectivity index (χ2v) is 7.97. The number of benzene rings is 1. The summed E-state index contributed by atoms with van der Waals surface area (Å²) in [6.45, 7) is 9.32. The van der Waals surface area contributed by atoms with Crippen molar-refractivity contribution < 1.29 is 19.1 Å². The van der Waals surface area contributed by atoms with Crippen LogP contribution in [0.3, 0.4) is 0 Å². The summed E-state index contributed by atoms with van der Waals surface area (Å²) in [5.74, 6) is 2.41. The Hall–Kier alpha value is -1.57. The molecule has 2 rings (SSSR count). The van der Waals surface area contributed by atoms with Gasteiger partial charge in [0.2, 0.25) is 5.91 Å². The molecule has 2 atom stereocenters. The summed E-state index contributed by atoms with van der Waals surface area (Å²) < 4.78 is 9.38. The molecule has 1 aromatic rings. The lowest BCUT2D eigenvalue weighted by molar-refractivity contribution is -0.128. The van der Waals surface area contributed by atoms with Gasteiger partial charge in [-0.15, -0.1) is 0 Å². The van der Waals surface area contributed by atoms with Crippen LogP contribution in [0.5, 0.6) is 0 Å². The molecule has 0 saturated carbocycles. The summed E-state index contributed by atoms with van der Waals surface area (Å²) in [6.07, 6.45) is 1.31. The molecule has 6 nitrogen and oxygen atoms in total. The average Bonchev–Trinajstić information content (AvgIpc) is 3.50. The fourth-order valence-electron chi connectivity index (χ4n) is 2.23. The Morgan fingerprint density at radius 1 is 1.36 bits per heavy atom. The Labute approximate surface area is 173 Å². The minimum atomic E-state index is -0.153. The summed E-state index contributed by atoms with van der Waals surface area (Å²) in [5, 5.41) is 6.40. The predicted octanol–water partition coefficient (Wildman–Crippen LogP) is 2.62. The highest BCUT2D eigenvalue weighted by molar-refractivity contribution is 7.98. The zero-order chi connectivity index (χ0) is 20.6. The van der Waals surface area contributed by atoms with Crippen molar-refractivity contribution in [2.24, 2.45) is 5.92 Å². The lowest BCUT2D eigenvalue weighted by atomic mass is 10.1. The Kier molecular flexibility index (Phi) is 13.4. The van der Waals surface area contributed by atoms with Crippen molar-refractivity contribution in [1.82, 2.24) is 10.6 Å². The van der Waals surface area contributed by atoms with Crippen molar-refractivity contribution in [3.63, 3.8) is 0 Å². The van der Waals surface area contributed by atoms with E-state index in [4.69, 9.17) is 4.74 Å². The molecule has 1 fully saturated rings. The van der Waals surface area contributed by atoms with Crippen LogP contribution >= 0.6 is 11.8 Å². The molecule has 7 heteroatoms. The van der Waals surface area contributed by atoms with Crippen molar-refractivity contribution >= 4 is 24.1 Å².